The van der Waals surface area contributed by atoms with Gasteiger partial charge in [-0.25, -0.2) is 0 Å². The summed E-state index contributed by atoms with van der Waals surface area (Å²) in [4.78, 5) is 6.86. The highest BCUT2D eigenvalue weighted by Crippen LogP contribution is 2.42. The molecule has 0 bridgehead atoms. The third kappa shape index (κ3) is 5.16. The van der Waals surface area contributed by atoms with E-state index in [0.717, 1.165) is 40.0 Å². The lowest BCUT2D eigenvalue weighted by molar-refractivity contribution is 0.340. The molecule has 1 saturated heterocycles. The Balaban J connectivity index is 1.37. The fraction of sp³-hybridized carbons (Fsp3) is 0.152. The summed E-state index contributed by atoms with van der Waals surface area (Å²) in [7, 11) is 0. The molecule has 0 amide bonds. The second-order valence-electron chi connectivity index (χ2n) is 9.64. The molecule has 5 aromatic rings. The number of ether oxygens (including phenoxy) is 2. The third-order valence-corrected chi connectivity index (χ3v) is 7.29. The summed E-state index contributed by atoms with van der Waals surface area (Å²) in [5.74, 6) is 2.42. The van der Waals surface area contributed by atoms with Gasteiger partial charge in [-0.05, 0) is 111 Å². The van der Waals surface area contributed by atoms with E-state index in [0.29, 0.717) is 11.7 Å². The number of hydrogen-bond acceptors (Lipinski definition) is 4. The van der Waals surface area contributed by atoms with Crippen LogP contribution in [0.2, 0.25) is 0 Å². The van der Waals surface area contributed by atoms with Crippen LogP contribution in [0.4, 0.5) is 5.69 Å². The van der Waals surface area contributed by atoms with Crippen LogP contribution in [0.25, 0.3) is 5.69 Å². The molecule has 0 unspecified atom stereocenters. The first-order chi connectivity index (χ1) is 19.6. The van der Waals surface area contributed by atoms with Crippen molar-refractivity contribution >= 4 is 23.0 Å². The monoisotopic (exact) mass is 546 g/mol. The van der Waals surface area contributed by atoms with Gasteiger partial charge >= 0.3 is 0 Å². The summed E-state index contributed by atoms with van der Waals surface area (Å²) in [6.07, 6.45) is 3.90. The van der Waals surface area contributed by atoms with Crippen molar-refractivity contribution in [1.29, 1.82) is 0 Å². The Morgan fingerprint density at radius 1 is 0.800 bits per heavy atom. The van der Waals surface area contributed by atoms with E-state index in [4.69, 9.17) is 26.7 Å². The number of aryl methyl sites for hydroxylation is 1. The Morgan fingerprint density at radius 3 is 2.15 bits per heavy atom. The zero-order valence-electron chi connectivity index (χ0n) is 22.4. The van der Waals surface area contributed by atoms with Gasteiger partial charge < -0.3 is 24.3 Å². The molecule has 7 heteroatoms. The van der Waals surface area contributed by atoms with E-state index in [1.54, 1.807) is 0 Å². The fourth-order valence-corrected chi connectivity index (χ4v) is 5.44. The Labute approximate surface area is 239 Å². The molecule has 6 rings (SSSR count). The minimum atomic E-state index is -0.146. The third-order valence-electron chi connectivity index (χ3n) is 6.98. The van der Waals surface area contributed by atoms with Crippen LogP contribution < -0.4 is 19.7 Å². The van der Waals surface area contributed by atoms with Crippen molar-refractivity contribution in [2.75, 3.05) is 11.5 Å². The first-order valence-electron chi connectivity index (χ1n) is 13.4. The van der Waals surface area contributed by atoms with Crippen LogP contribution in [0.15, 0.2) is 116 Å². The average Bonchev–Trinajstić information content (AvgIpc) is 3.60. The molecular weight excluding hydrogens is 516 g/mol. The van der Waals surface area contributed by atoms with Gasteiger partial charge in [-0.15, -0.1) is 0 Å². The largest absolute Gasteiger partial charge is 0.494 e. The second kappa shape index (κ2) is 11.2. The minimum absolute atomic E-state index is 0.145. The molecular formula is C33H30N4O2S. The van der Waals surface area contributed by atoms with Crippen molar-refractivity contribution in [3.05, 3.63) is 132 Å². The van der Waals surface area contributed by atoms with Crippen LogP contribution in [-0.4, -0.2) is 21.3 Å². The summed E-state index contributed by atoms with van der Waals surface area (Å²) in [6.45, 7) is 4.68. The van der Waals surface area contributed by atoms with Gasteiger partial charge in [0.05, 0.1) is 18.3 Å². The topological polar surface area (TPSA) is 51.5 Å². The molecule has 1 aliphatic heterocycles. The van der Waals surface area contributed by atoms with Gasteiger partial charge in [0.25, 0.3) is 0 Å². The van der Waals surface area contributed by atoms with Gasteiger partial charge in [0.15, 0.2) is 5.11 Å². The Bertz CT molecular complexity index is 1580. The highest BCUT2D eigenvalue weighted by molar-refractivity contribution is 7.80. The minimum Gasteiger partial charge on any atom is -0.494 e. The number of benzene rings is 3. The lowest BCUT2D eigenvalue weighted by atomic mass is 10.0. The summed E-state index contributed by atoms with van der Waals surface area (Å²) in [5, 5.41) is 4.20. The summed E-state index contributed by atoms with van der Waals surface area (Å²) >= 11 is 5.94. The van der Waals surface area contributed by atoms with Crippen LogP contribution in [-0.2, 0) is 0 Å². The number of nitrogens with one attached hydrogen (secondary N) is 1. The number of pyridine rings is 1. The molecule has 2 aromatic heterocycles. The first kappa shape index (κ1) is 25.6. The molecule has 40 heavy (non-hydrogen) atoms. The molecule has 0 aliphatic carbocycles. The van der Waals surface area contributed by atoms with E-state index in [-0.39, 0.29) is 12.1 Å². The molecule has 6 nitrogen and oxygen atoms in total. The maximum absolute atomic E-state index is 6.08. The van der Waals surface area contributed by atoms with Gasteiger partial charge in [0.1, 0.15) is 23.3 Å². The van der Waals surface area contributed by atoms with Gasteiger partial charge in [0, 0.05) is 29.5 Å². The van der Waals surface area contributed by atoms with Crippen LogP contribution in [0.1, 0.15) is 36.0 Å². The van der Waals surface area contributed by atoms with Crippen molar-refractivity contribution in [3.8, 4) is 22.9 Å². The van der Waals surface area contributed by atoms with Crippen molar-refractivity contribution in [3.63, 3.8) is 0 Å². The predicted octanol–water partition coefficient (Wildman–Crippen LogP) is 7.55. The van der Waals surface area contributed by atoms with Gasteiger partial charge in [-0.3, -0.25) is 4.98 Å². The molecule has 1 N–H and O–H groups in total. The number of aromatic nitrogens is 2. The molecule has 1 aliphatic rings. The van der Waals surface area contributed by atoms with Crippen LogP contribution in [0, 0.1) is 6.92 Å². The first-order valence-corrected chi connectivity index (χ1v) is 13.8. The highest BCUT2D eigenvalue weighted by atomic mass is 32.1. The molecule has 0 radical (unpaired) electrons. The highest BCUT2D eigenvalue weighted by Gasteiger charge is 2.42. The second-order valence-corrected chi connectivity index (χ2v) is 10.0. The number of hydrogen-bond donors (Lipinski definition) is 1. The molecule has 0 saturated carbocycles. The average molecular weight is 547 g/mol. The van der Waals surface area contributed by atoms with E-state index in [1.165, 1.54) is 5.56 Å². The van der Waals surface area contributed by atoms with E-state index in [9.17, 15) is 0 Å². The standard InChI is InChI=1S/C33H30N4O2S/c1-3-38-26-17-11-24(12-18-26)36-22-6-8-30(36)32-31(29-7-4-5-21-34-29)35-33(40)37(32)25-13-19-28(20-14-25)39-27-15-9-23(2)10-16-27/h4-22,31-32H,3H2,1-2H3,(H,35,40)/t31-,32+/m0/s1. The van der Waals surface area contributed by atoms with Crippen molar-refractivity contribution in [2.45, 2.75) is 25.9 Å². The predicted molar refractivity (Wildman–Crippen MR) is 163 cm³/mol. The molecule has 0 spiro atoms. The maximum Gasteiger partial charge on any atom is 0.174 e. The zero-order valence-corrected chi connectivity index (χ0v) is 23.2. The smallest absolute Gasteiger partial charge is 0.174 e. The number of anilines is 1. The quantitative estimate of drug-likeness (QED) is 0.203. The van der Waals surface area contributed by atoms with E-state index in [1.807, 2.05) is 79.9 Å². The van der Waals surface area contributed by atoms with E-state index in [2.05, 4.69) is 64.3 Å². The van der Waals surface area contributed by atoms with Gasteiger partial charge in [0.2, 0.25) is 0 Å². The number of thiocarbonyl (C=S) groups is 1. The Morgan fingerprint density at radius 2 is 1.48 bits per heavy atom. The summed E-state index contributed by atoms with van der Waals surface area (Å²) < 4.78 is 13.9. The number of rotatable bonds is 8. The van der Waals surface area contributed by atoms with Gasteiger partial charge in [-0.2, -0.15) is 0 Å². The lowest BCUT2D eigenvalue weighted by Gasteiger charge is -2.29. The van der Waals surface area contributed by atoms with Crippen molar-refractivity contribution in [2.24, 2.45) is 0 Å². The Kier molecular flexibility index (Phi) is 7.21. The zero-order chi connectivity index (χ0) is 27.5. The maximum atomic E-state index is 6.08. The van der Waals surface area contributed by atoms with E-state index >= 15 is 0 Å². The van der Waals surface area contributed by atoms with Gasteiger partial charge in [-0.1, -0.05) is 23.8 Å². The summed E-state index contributed by atoms with van der Waals surface area (Å²) in [5.41, 5.74) is 5.23. The SMILES string of the molecule is CCOc1ccc(-n2cccc2[C@@H]2[C@H](c3ccccn3)NC(=S)N2c2ccc(Oc3ccc(C)cc3)cc2)cc1. The lowest BCUT2D eigenvalue weighted by Crippen LogP contribution is -2.30. The molecule has 200 valence electrons. The summed E-state index contributed by atoms with van der Waals surface area (Å²) in [6, 6.07) is 34.2. The Hall–Kier alpha value is -4.62. The molecule has 3 aromatic carbocycles. The molecule has 1 fully saturated rings. The van der Waals surface area contributed by atoms with Crippen molar-refractivity contribution < 1.29 is 9.47 Å². The van der Waals surface area contributed by atoms with Crippen LogP contribution in [0.5, 0.6) is 17.2 Å². The normalized spacial score (nSPS) is 16.6. The fourth-order valence-electron chi connectivity index (χ4n) is 5.09. The van der Waals surface area contributed by atoms with Crippen LogP contribution >= 0.6 is 12.2 Å². The van der Waals surface area contributed by atoms with Crippen LogP contribution in [0.3, 0.4) is 0 Å². The molecule has 2 atom stereocenters. The van der Waals surface area contributed by atoms with Crippen molar-refractivity contribution in [1.82, 2.24) is 14.9 Å². The van der Waals surface area contributed by atoms with E-state index < -0.39 is 0 Å². The number of nitrogens with zero attached hydrogens (tertiary/aromatic N) is 3. The molecule has 3 heterocycles.